The molecule has 3 nitrogen and oxygen atoms in total. The molecule has 0 saturated heterocycles. The van der Waals surface area contributed by atoms with Crippen LogP contribution < -0.4 is 0 Å². The Bertz CT molecular complexity index is 477. The van der Waals surface area contributed by atoms with Crippen molar-refractivity contribution in [1.82, 2.24) is 4.98 Å². The van der Waals surface area contributed by atoms with Crippen molar-refractivity contribution in [1.29, 1.82) is 0 Å². The highest BCUT2D eigenvalue weighted by molar-refractivity contribution is 5.97. The molecule has 0 radical (unpaired) electrons. The highest BCUT2D eigenvalue weighted by Crippen LogP contribution is 2.12. The van der Waals surface area contributed by atoms with E-state index in [2.05, 4.69) is 4.98 Å². The maximum atomic E-state index is 11.8. The van der Waals surface area contributed by atoms with Crippen molar-refractivity contribution in [2.45, 2.75) is 6.42 Å². The van der Waals surface area contributed by atoms with Crippen molar-refractivity contribution < 1.29 is 9.90 Å². The number of Topliss-reactive ketones (excluding diaryl/α,β-unsaturated/α-hetero) is 1. The molecule has 0 spiro atoms. The predicted octanol–water partition coefficient (Wildman–Crippen LogP) is 2.21. The smallest absolute Gasteiger partial charge is 0.167 e. The van der Waals surface area contributed by atoms with Crippen LogP contribution in [0.4, 0.5) is 0 Å². The van der Waals surface area contributed by atoms with Gasteiger partial charge >= 0.3 is 0 Å². The molecule has 0 aliphatic carbocycles. The van der Waals surface area contributed by atoms with Crippen LogP contribution in [-0.2, 0) is 6.42 Å². The number of hydrogen-bond acceptors (Lipinski definition) is 3. The van der Waals surface area contributed by atoms with E-state index in [9.17, 15) is 4.79 Å². The van der Waals surface area contributed by atoms with Gasteiger partial charge in [0.15, 0.2) is 5.78 Å². The Morgan fingerprint density at radius 1 is 1.06 bits per heavy atom. The maximum absolute atomic E-state index is 11.8. The molecular weight excluding hydrogens is 202 g/mol. The molecule has 1 aromatic heterocycles. The fraction of sp³-hybridized carbons (Fsp3) is 0.0769. The highest BCUT2D eigenvalue weighted by atomic mass is 16.3. The Labute approximate surface area is 93.4 Å². The predicted molar refractivity (Wildman–Crippen MR) is 60.4 cm³/mol. The number of nitrogens with zero attached hydrogens (tertiary/aromatic N) is 1. The van der Waals surface area contributed by atoms with Gasteiger partial charge in [0, 0.05) is 24.4 Å². The first-order chi connectivity index (χ1) is 7.75. The molecule has 1 aromatic carbocycles. The molecule has 0 fully saturated rings. The molecule has 0 unspecified atom stereocenters. The van der Waals surface area contributed by atoms with Gasteiger partial charge in [-0.1, -0.05) is 12.1 Å². The Balaban J connectivity index is 2.11. The monoisotopic (exact) mass is 213 g/mol. The van der Waals surface area contributed by atoms with Gasteiger partial charge in [-0.3, -0.25) is 9.78 Å². The number of benzene rings is 1. The SMILES string of the molecule is O=C(Cc1ccc(O)cc1)c1ccncc1. The van der Waals surface area contributed by atoms with E-state index in [0.717, 1.165) is 5.56 Å². The third-order valence-corrected chi connectivity index (χ3v) is 2.30. The molecule has 80 valence electrons. The summed E-state index contributed by atoms with van der Waals surface area (Å²) in [6, 6.07) is 10.0. The van der Waals surface area contributed by atoms with E-state index in [-0.39, 0.29) is 11.5 Å². The van der Waals surface area contributed by atoms with Crippen LogP contribution in [0.5, 0.6) is 5.75 Å². The van der Waals surface area contributed by atoms with Gasteiger partial charge in [-0.05, 0) is 29.8 Å². The van der Waals surface area contributed by atoms with Crippen molar-refractivity contribution in [2.24, 2.45) is 0 Å². The minimum Gasteiger partial charge on any atom is -0.508 e. The first-order valence-electron chi connectivity index (χ1n) is 4.97. The van der Waals surface area contributed by atoms with Crippen LogP contribution in [0.25, 0.3) is 0 Å². The normalized spacial score (nSPS) is 10.0. The van der Waals surface area contributed by atoms with Crippen molar-refractivity contribution in [3.8, 4) is 5.75 Å². The molecule has 0 aliphatic rings. The molecular formula is C13H11NO2. The summed E-state index contributed by atoms with van der Waals surface area (Å²) in [5, 5.41) is 9.11. The summed E-state index contributed by atoms with van der Waals surface area (Å²) in [6.07, 6.45) is 3.54. The zero-order valence-corrected chi connectivity index (χ0v) is 8.63. The van der Waals surface area contributed by atoms with Gasteiger partial charge in [-0.25, -0.2) is 0 Å². The van der Waals surface area contributed by atoms with Crippen LogP contribution in [0.3, 0.4) is 0 Å². The van der Waals surface area contributed by atoms with E-state index >= 15 is 0 Å². The largest absolute Gasteiger partial charge is 0.508 e. The second-order valence-corrected chi connectivity index (χ2v) is 3.50. The number of phenols is 1. The number of carbonyl (C=O) groups is 1. The molecule has 3 heteroatoms. The average molecular weight is 213 g/mol. The number of ketones is 1. The van der Waals surface area contributed by atoms with E-state index in [1.54, 1.807) is 48.8 Å². The molecule has 1 heterocycles. The third kappa shape index (κ3) is 2.45. The molecule has 0 atom stereocenters. The van der Waals surface area contributed by atoms with Crippen molar-refractivity contribution in [3.05, 3.63) is 59.9 Å². The first kappa shape index (κ1) is 10.4. The lowest BCUT2D eigenvalue weighted by Crippen LogP contribution is -2.03. The van der Waals surface area contributed by atoms with E-state index in [1.165, 1.54) is 0 Å². The van der Waals surface area contributed by atoms with Crippen LogP contribution in [-0.4, -0.2) is 15.9 Å². The number of hydrogen-bond donors (Lipinski definition) is 1. The molecule has 2 rings (SSSR count). The molecule has 0 amide bonds. The maximum Gasteiger partial charge on any atom is 0.167 e. The summed E-state index contributed by atoms with van der Waals surface area (Å²) in [5.74, 6) is 0.258. The lowest BCUT2D eigenvalue weighted by atomic mass is 10.0. The summed E-state index contributed by atoms with van der Waals surface area (Å²) in [5.41, 5.74) is 1.54. The van der Waals surface area contributed by atoms with Gasteiger partial charge < -0.3 is 5.11 Å². The molecule has 0 aliphatic heterocycles. The number of aromatic hydroxyl groups is 1. The van der Waals surface area contributed by atoms with E-state index in [0.29, 0.717) is 12.0 Å². The van der Waals surface area contributed by atoms with Crippen LogP contribution in [0.15, 0.2) is 48.8 Å². The summed E-state index contributed by atoms with van der Waals surface area (Å²) >= 11 is 0. The van der Waals surface area contributed by atoms with Crippen molar-refractivity contribution in [2.75, 3.05) is 0 Å². The van der Waals surface area contributed by atoms with Gasteiger partial charge in [-0.15, -0.1) is 0 Å². The van der Waals surface area contributed by atoms with Crippen LogP contribution >= 0.6 is 0 Å². The summed E-state index contributed by atoms with van der Waals surface area (Å²) in [7, 11) is 0. The lowest BCUT2D eigenvalue weighted by molar-refractivity contribution is 0.0993. The van der Waals surface area contributed by atoms with E-state index in [4.69, 9.17) is 5.11 Å². The van der Waals surface area contributed by atoms with Crippen molar-refractivity contribution >= 4 is 5.78 Å². The summed E-state index contributed by atoms with van der Waals surface area (Å²) in [4.78, 5) is 15.7. The number of carbonyl (C=O) groups excluding carboxylic acids is 1. The molecule has 16 heavy (non-hydrogen) atoms. The zero-order valence-electron chi connectivity index (χ0n) is 8.63. The standard InChI is InChI=1S/C13H11NO2/c15-12-3-1-10(2-4-12)9-13(16)11-5-7-14-8-6-11/h1-8,15H,9H2. The topological polar surface area (TPSA) is 50.2 Å². The first-order valence-corrected chi connectivity index (χ1v) is 4.97. The summed E-state index contributed by atoms with van der Waals surface area (Å²) in [6.45, 7) is 0. The molecule has 1 N–H and O–H groups in total. The fourth-order valence-electron chi connectivity index (χ4n) is 1.44. The minimum atomic E-state index is 0.0492. The number of phenolic OH excluding ortho intramolecular Hbond substituents is 1. The van der Waals surface area contributed by atoms with Crippen LogP contribution in [0, 0.1) is 0 Å². The Morgan fingerprint density at radius 2 is 1.69 bits per heavy atom. The van der Waals surface area contributed by atoms with Gasteiger partial charge in [0.05, 0.1) is 0 Å². The Hall–Kier alpha value is -2.16. The quantitative estimate of drug-likeness (QED) is 0.795. The minimum absolute atomic E-state index is 0.0492. The molecule has 2 aromatic rings. The van der Waals surface area contributed by atoms with Gasteiger partial charge in [0.1, 0.15) is 5.75 Å². The van der Waals surface area contributed by atoms with Crippen LogP contribution in [0.2, 0.25) is 0 Å². The number of rotatable bonds is 3. The van der Waals surface area contributed by atoms with Gasteiger partial charge in [0.25, 0.3) is 0 Å². The van der Waals surface area contributed by atoms with Crippen molar-refractivity contribution in [3.63, 3.8) is 0 Å². The second kappa shape index (κ2) is 4.57. The third-order valence-electron chi connectivity index (χ3n) is 2.30. The summed E-state index contributed by atoms with van der Waals surface area (Å²) < 4.78 is 0. The number of pyridine rings is 1. The number of aromatic nitrogens is 1. The zero-order chi connectivity index (χ0) is 11.4. The van der Waals surface area contributed by atoms with E-state index < -0.39 is 0 Å². The average Bonchev–Trinajstić information content (AvgIpc) is 2.33. The lowest BCUT2D eigenvalue weighted by Gasteiger charge is -2.01. The Morgan fingerprint density at radius 3 is 2.31 bits per heavy atom. The molecule has 0 saturated carbocycles. The Kier molecular flexibility index (Phi) is 2.96. The van der Waals surface area contributed by atoms with Gasteiger partial charge in [0.2, 0.25) is 0 Å². The van der Waals surface area contributed by atoms with Gasteiger partial charge in [-0.2, -0.15) is 0 Å². The highest BCUT2D eigenvalue weighted by Gasteiger charge is 2.06. The van der Waals surface area contributed by atoms with Crippen LogP contribution in [0.1, 0.15) is 15.9 Å². The molecule has 0 bridgehead atoms. The fourth-order valence-corrected chi connectivity index (χ4v) is 1.44. The second-order valence-electron chi connectivity index (χ2n) is 3.50. The van der Waals surface area contributed by atoms with E-state index in [1.807, 2.05) is 0 Å².